The van der Waals surface area contributed by atoms with Crippen LogP contribution in [0.15, 0.2) is 24.3 Å². The molecule has 1 heterocycles. The highest BCUT2D eigenvalue weighted by Crippen LogP contribution is 2.37. The van der Waals surface area contributed by atoms with Gasteiger partial charge in [-0.25, -0.2) is 0 Å². The number of carbonyl (C=O) groups excluding carboxylic acids is 1. The Balaban J connectivity index is 1.76. The molecular weight excluding hydrogens is 375 g/mol. The minimum atomic E-state index is -0.265. The molecule has 3 nitrogen and oxygen atoms in total. The maximum Gasteiger partial charge on any atom is 0.249 e. The van der Waals surface area contributed by atoms with Crippen molar-refractivity contribution < 1.29 is 4.79 Å². The fraction of sp³-hybridized carbons (Fsp3) is 0.263. The maximum absolute atomic E-state index is 12.2. The number of hydrogen-bond acceptors (Lipinski definition) is 3. The third-order valence-corrected chi connectivity index (χ3v) is 6.09. The first-order valence-corrected chi connectivity index (χ1v) is 9.64. The summed E-state index contributed by atoms with van der Waals surface area (Å²) in [5, 5.41) is 13.9. The number of nitrogens with one attached hydrogen (secondary N) is 1. The van der Waals surface area contributed by atoms with E-state index in [0.717, 1.165) is 36.8 Å². The lowest BCUT2D eigenvalue weighted by Gasteiger charge is -2.01. The molecule has 0 atom stereocenters. The molecule has 0 bridgehead atoms. The van der Waals surface area contributed by atoms with Crippen molar-refractivity contribution in [3.63, 3.8) is 0 Å². The third kappa shape index (κ3) is 4.24. The molecule has 128 valence electrons. The molecule has 3 rings (SSSR count). The molecule has 0 spiro atoms. The predicted molar refractivity (Wildman–Crippen MR) is 104 cm³/mol. The molecule has 1 aromatic carbocycles. The summed E-state index contributed by atoms with van der Waals surface area (Å²) in [6.07, 6.45) is 8.45. The van der Waals surface area contributed by atoms with Gasteiger partial charge in [0.15, 0.2) is 0 Å². The Morgan fingerprint density at radius 1 is 1.20 bits per heavy atom. The number of benzene rings is 1. The van der Waals surface area contributed by atoms with Crippen LogP contribution in [0.1, 0.15) is 40.8 Å². The average Bonchev–Trinajstić information content (AvgIpc) is 2.76. The Bertz CT molecular complexity index is 880. The van der Waals surface area contributed by atoms with Gasteiger partial charge in [0.1, 0.15) is 11.1 Å². The number of rotatable bonds is 3. The summed E-state index contributed by atoms with van der Waals surface area (Å²) >= 11 is 13.4. The quantitative estimate of drug-likeness (QED) is 0.527. The summed E-state index contributed by atoms with van der Waals surface area (Å²) < 4.78 is 0. The van der Waals surface area contributed by atoms with Gasteiger partial charge in [0.25, 0.3) is 0 Å². The molecule has 0 aliphatic heterocycles. The van der Waals surface area contributed by atoms with Gasteiger partial charge in [0, 0.05) is 11.0 Å². The Kier molecular flexibility index (Phi) is 5.80. The number of nitriles is 1. The van der Waals surface area contributed by atoms with Crippen molar-refractivity contribution in [3.8, 4) is 6.07 Å². The molecule has 6 heteroatoms. The Hall–Kier alpha value is -1.80. The zero-order chi connectivity index (χ0) is 17.8. The Morgan fingerprint density at radius 3 is 2.76 bits per heavy atom. The number of hydrogen-bond donors (Lipinski definition) is 1. The molecule has 0 unspecified atom stereocenters. The van der Waals surface area contributed by atoms with Gasteiger partial charge in [-0.05, 0) is 55.0 Å². The maximum atomic E-state index is 12.2. The van der Waals surface area contributed by atoms with E-state index in [1.54, 1.807) is 24.3 Å². The highest BCUT2D eigenvalue weighted by molar-refractivity contribution is 7.16. The van der Waals surface area contributed by atoms with Gasteiger partial charge in [-0.1, -0.05) is 35.7 Å². The van der Waals surface area contributed by atoms with E-state index in [-0.39, 0.29) is 5.91 Å². The van der Waals surface area contributed by atoms with Crippen molar-refractivity contribution >= 4 is 51.5 Å². The van der Waals surface area contributed by atoms with Crippen LogP contribution >= 0.6 is 34.5 Å². The second kappa shape index (κ2) is 8.05. The van der Waals surface area contributed by atoms with E-state index in [1.807, 2.05) is 0 Å². The SMILES string of the molecule is N#Cc1c(NC(=O)/C=C\c2ccc(Cl)c(Cl)c2)sc2c1CCCCC2. The van der Waals surface area contributed by atoms with Gasteiger partial charge in [-0.2, -0.15) is 5.26 Å². The number of carbonyl (C=O) groups is 1. The second-order valence-electron chi connectivity index (χ2n) is 5.88. The predicted octanol–water partition coefficient (Wildman–Crippen LogP) is 5.85. The van der Waals surface area contributed by atoms with Gasteiger partial charge < -0.3 is 5.32 Å². The zero-order valence-corrected chi connectivity index (χ0v) is 15.8. The number of anilines is 1. The topological polar surface area (TPSA) is 52.9 Å². The van der Waals surface area contributed by atoms with Crippen LogP contribution in [0, 0.1) is 11.3 Å². The van der Waals surface area contributed by atoms with Gasteiger partial charge in [0.05, 0.1) is 15.6 Å². The summed E-state index contributed by atoms with van der Waals surface area (Å²) in [4.78, 5) is 13.5. The monoisotopic (exact) mass is 390 g/mol. The van der Waals surface area contributed by atoms with Crippen LogP contribution in [0.4, 0.5) is 5.00 Å². The molecule has 0 fully saturated rings. The van der Waals surface area contributed by atoms with Crippen LogP contribution in [-0.4, -0.2) is 5.91 Å². The van der Waals surface area contributed by atoms with Crippen LogP contribution in [-0.2, 0) is 17.6 Å². The van der Waals surface area contributed by atoms with Gasteiger partial charge >= 0.3 is 0 Å². The van der Waals surface area contributed by atoms with Crippen molar-refractivity contribution in [2.75, 3.05) is 5.32 Å². The summed E-state index contributed by atoms with van der Waals surface area (Å²) in [5.74, 6) is -0.265. The van der Waals surface area contributed by atoms with E-state index < -0.39 is 0 Å². The minimum Gasteiger partial charge on any atom is -0.313 e. The number of fused-ring (bicyclic) bond motifs is 1. The van der Waals surface area contributed by atoms with Crippen LogP contribution in [0.3, 0.4) is 0 Å². The fourth-order valence-corrected chi connectivity index (χ4v) is 4.44. The van der Waals surface area contributed by atoms with Gasteiger partial charge in [0.2, 0.25) is 5.91 Å². The van der Waals surface area contributed by atoms with Crippen LogP contribution in [0.5, 0.6) is 0 Å². The van der Waals surface area contributed by atoms with E-state index in [1.165, 1.54) is 28.7 Å². The van der Waals surface area contributed by atoms with Crippen molar-refractivity contribution in [2.24, 2.45) is 0 Å². The van der Waals surface area contributed by atoms with E-state index in [0.29, 0.717) is 20.6 Å². The van der Waals surface area contributed by atoms with E-state index in [4.69, 9.17) is 23.2 Å². The molecule has 25 heavy (non-hydrogen) atoms. The smallest absolute Gasteiger partial charge is 0.249 e. The minimum absolute atomic E-state index is 0.265. The van der Waals surface area contributed by atoms with Crippen molar-refractivity contribution in [1.29, 1.82) is 5.26 Å². The molecule has 0 radical (unpaired) electrons. The molecule has 2 aromatic rings. The van der Waals surface area contributed by atoms with E-state index >= 15 is 0 Å². The normalized spacial score (nSPS) is 14.0. The Morgan fingerprint density at radius 2 is 2.00 bits per heavy atom. The molecular formula is C19H16Cl2N2OS. The molecule has 1 N–H and O–H groups in total. The zero-order valence-electron chi connectivity index (χ0n) is 13.4. The van der Waals surface area contributed by atoms with E-state index in [2.05, 4.69) is 11.4 Å². The number of thiophene rings is 1. The average molecular weight is 391 g/mol. The van der Waals surface area contributed by atoms with Crippen LogP contribution in [0.2, 0.25) is 10.0 Å². The van der Waals surface area contributed by atoms with Gasteiger partial charge in [-0.15, -0.1) is 11.3 Å². The number of halogens is 2. The molecule has 1 aliphatic rings. The molecule has 1 amide bonds. The lowest BCUT2D eigenvalue weighted by Crippen LogP contribution is -2.07. The first-order chi connectivity index (χ1) is 12.1. The summed E-state index contributed by atoms with van der Waals surface area (Å²) in [6.45, 7) is 0. The number of aryl methyl sites for hydroxylation is 1. The lowest BCUT2D eigenvalue weighted by molar-refractivity contribution is -0.111. The van der Waals surface area contributed by atoms with E-state index in [9.17, 15) is 10.1 Å². The molecule has 1 aliphatic carbocycles. The van der Waals surface area contributed by atoms with Crippen molar-refractivity contribution in [2.45, 2.75) is 32.1 Å². The van der Waals surface area contributed by atoms with Gasteiger partial charge in [-0.3, -0.25) is 4.79 Å². The number of amides is 1. The summed E-state index contributed by atoms with van der Waals surface area (Å²) in [7, 11) is 0. The highest BCUT2D eigenvalue weighted by Gasteiger charge is 2.20. The second-order valence-corrected chi connectivity index (χ2v) is 7.80. The highest BCUT2D eigenvalue weighted by atomic mass is 35.5. The van der Waals surface area contributed by atoms with Crippen LogP contribution in [0.25, 0.3) is 6.08 Å². The largest absolute Gasteiger partial charge is 0.313 e. The van der Waals surface area contributed by atoms with Crippen molar-refractivity contribution in [1.82, 2.24) is 0 Å². The number of nitrogens with zero attached hydrogens (tertiary/aromatic N) is 1. The molecule has 0 saturated heterocycles. The molecule has 1 aromatic heterocycles. The summed E-state index contributed by atoms with van der Waals surface area (Å²) in [5.41, 5.74) is 2.53. The fourth-order valence-electron chi connectivity index (χ4n) is 2.89. The summed E-state index contributed by atoms with van der Waals surface area (Å²) in [6, 6.07) is 7.43. The standard InChI is InChI=1S/C19H16Cl2N2OS/c20-15-8-6-12(10-16(15)21)7-9-18(24)23-19-14(11-22)13-4-2-1-3-5-17(13)25-19/h6-10H,1-5H2,(H,23,24)/b9-7-. The van der Waals surface area contributed by atoms with Crippen LogP contribution < -0.4 is 5.32 Å². The molecule has 0 saturated carbocycles. The Labute approximate surface area is 160 Å². The van der Waals surface area contributed by atoms with Crippen molar-refractivity contribution in [3.05, 3.63) is 55.9 Å². The third-order valence-electron chi connectivity index (χ3n) is 4.14. The first-order valence-electron chi connectivity index (χ1n) is 8.07. The lowest BCUT2D eigenvalue weighted by atomic mass is 10.1. The first kappa shape index (κ1) is 18.0.